The summed E-state index contributed by atoms with van der Waals surface area (Å²) in [5, 5.41) is 0. The highest BCUT2D eigenvalue weighted by atomic mass is 19.1. The minimum atomic E-state index is -0.619. The van der Waals surface area contributed by atoms with Crippen LogP contribution in [-0.4, -0.2) is 90.2 Å². The Hall–Kier alpha value is -1.57. The van der Waals surface area contributed by atoms with E-state index in [1.54, 1.807) is 11.0 Å². The summed E-state index contributed by atoms with van der Waals surface area (Å²) in [5.41, 5.74) is 0.356. The Morgan fingerprint density at radius 2 is 2.08 bits per heavy atom. The number of carbonyl (C=O) groups excluding carboxylic acids is 1. The zero-order chi connectivity index (χ0) is 17.2. The molecule has 7 heteroatoms. The molecule has 4 heterocycles. The van der Waals surface area contributed by atoms with E-state index in [0.717, 1.165) is 19.6 Å². The summed E-state index contributed by atoms with van der Waals surface area (Å²) >= 11 is 0. The third-order valence-corrected chi connectivity index (χ3v) is 5.58. The molecule has 4 rings (SSSR count). The molecule has 3 fully saturated rings. The molecule has 2 atom stereocenters. The number of likely N-dealkylation sites (tertiary alicyclic amines) is 2. The Balaban J connectivity index is 1.39. The highest BCUT2D eigenvalue weighted by molar-refractivity contribution is 5.94. The van der Waals surface area contributed by atoms with Gasteiger partial charge in [0, 0.05) is 50.6 Å². The van der Waals surface area contributed by atoms with Gasteiger partial charge in [0.05, 0.1) is 18.8 Å². The third-order valence-electron chi connectivity index (χ3n) is 5.58. The van der Waals surface area contributed by atoms with E-state index in [1.807, 2.05) is 0 Å². The summed E-state index contributed by atoms with van der Waals surface area (Å²) in [6.07, 6.45) is 4.01. The van der Waals surface area contributed by atoms with Gasteiger partial charge in [0.15, 0.2) is 0 Å². The van der Waals surface area contributed by atoms with Crippen LogP contribution in [-0.2, 0) is 4.74 Å². The van der Waals surface area contributed by atoms with Crippen molar-refractivity contribution < 1.29 is 13.9 Å². The van der Waals surface area contributed by atoms with E-state index in [9.17, 15) is 9.18 Å². The maximum absolute atomic E-state index is 13.3. The van der Waals surface area contributed by atoms with Crippen LogP contribution in [0.2, 0.25) is 0 Å². The number of carbonyl (C=O) groups is 1. The first-order valence-corrected chi connectivity index (χ1v) is 9.19. The molecule has 0 aliphatic carbocycles. The molecule has 1 aromatic rings. The van der Waals surface area contributed by atoms with Gasteiger partial charge in [-0.15, -0.1) is 0 Å². The SMILES string of the molecule is O=C(c1ccnc(F)c1)N1C[C@@H]2OCCN(CCN3CCCC3)[C@@H]2C1. The monoisotopic (exact) mass is 348 g/mol. The van der Waals surface area contributed by atoms with Crippen LogP contribution in [0, 0.1) is 5.95 Å². The zero-order valence-corrected chi connectivity index (χ0v) is 14.4. The topological polar surface area (TPSA) is 48.9 Å². The van der Waals surface area contributed by atoms with Crippen LogP contribution < -0.4 is 0 Å². The Kier molecular flexibility index (Phi) is 4.96. The van der Waals surface area contributed by atoms with E-state index >= 15 is 0 Å². The number of amides is 1. The van der Waals surface area contributed by atoms with Crippen LogP contribution in [0.1, 0.15) is 23.2 Å². The number of rotatable bonds is 4. The molecule has 0 aromatic carbocycles. The molecule has 3 saturated heterocycles. The average molecular weight is 348 g/mol. The fourth-order valence-corrected chi connectivity index (χ4v) is 4.20. The minimum Gasteiger partial charge on any atom is -0.373 e. The standard InChI is InChI=1S/C18H25FN4O2/c19-17-11-14(3-4-20-17)18(24)23-12-15-16(13-23)25-10-9-22(15)8-7-21-5-1-2-6-21/h3-4,11,15-16H,1-2,5-10,12-13H2/t15-,16+/m1/s1. The molecule has 6 nitrogen and oxygen atoms in total. The molecule has 0 radical (unpaired) electrons. The first-order valence-electron chi connectivity index (χ1n) is 9.19. The molecule has 0 unspecified atom stereocenters. The predicted molar refractivity (Wildman–Crippen MR) is 90.9 cm³/mol. The number of morpholine rings is 1. The second-order valence-corrected chi connectivity index (χ2v) is 7.14. The summed E-state index contributed by atoms with van der Waals surface area (Å²) in [6, 6.07) is 3.02. The van der Waals surface area contributed by atoms with Crippen LogP contribution in [0.5, 0.6) is 0 Å². The fraction of sp³-hybridized carbons (Fsp3) is 0.667. The van der Waals surface area contributed by atoms with Crippen molar-refractivity contribution in [1.29, 1.82) is 0 Å². The molecule has 0 bridgehead atoms. The lowest BCUT2D eigenvalue weighted by molar-refractivity contribution is -0.0487. The van der Waals surface area contributed by atoms with Gasteiger partial charge in [0.1, 0.15) is 0 Å². The Labute approximate surface area is 147 Å². The number of aromatic nitrogens is 1. The van der Waals surface area contributed by atoms with E-state index in [4.69, 9.17) is 4.74 Å². The molecule has 0 saturated carbocycles. The van der Waals surface area contributed by atoms with E-state index in [0.29, 0.717) is 25.3 Å². The predicted octanol–water partition coefficient (Wildman–Crippen LogP) is 0.842. The lowest BCUT2D eigenvalue weighted by Gasteiger charge is -2.37. The molecule has 0 N–H and O–H groups in total. The zero-order valence-electron chi connectivity index (χ0n) is 14.4. The van der Waals surface area contributed by atoms with Gasteiger partial charge in [0.25, 0.3) is 5.91 Å². The number of hydrogen-bond donors (Lipinski definition) is 0. The summed E-state index contributed by atoms with van der Waals surface area (Å²) in [7, 11) is 0. The summed E-state index contributed by atoms with van der Waals surface area (Å²) in [6.45, 7) is 7.38. The second-order valence-electron chi connectivity index (χ2n) is 7.14. The lowest BCUT2D eigenvalue weighted by Crippen LogP contribution is -2.52. The normalized spacial score (nSPS) is 27.6. The number of pyridine rings is 1. The van der Waals surface area contributed by atoms with E-state index < -0.39 is 5.95 Å². The molecule has 0 spiro atoms. The number of nitrogens with zero attached hydrogens (tertiary/aromatic N) is 4. The Bertz CT molecular complexity index is 623. The van der Waals surface area contributed by atoms with Crippen molar-refractivity contribution in [1.82, 2.24) is 19.7 Å². The maximum atomic E-state index is 13.3. The van der Waals surface area contributed by atoms with Crippen molar-refractivity contribution in [2.24, 2.45) is 0 Å². The molecule has 3 aliphatic rings. The number of ether oxygens (including phenoxy) is 1. The van der Waals surface area contributed by atoms with Gasteiger partial charge < -0.3 is 14.5 Å². The smallest absolute Gasteiger partial charge is 0.254 e. The van der Waals surface area contributed by atoms with Crippen molar-refractivity contribution in [2.45, 2.75) is 25.0 Å². The van der Waals surface area contributed by atoms with E-state index in [-0.39, 0.29) is 18.1 Å². The maximum Gasteiger partial charge on any atom is 0.254 e. The molecule has 1 aromatic heterocycles. The quantitative estimate of drug-likeness (QED) is 0.755. The van der Waals surface area contributed by atoms with E-state index in [2.05, 4.69) is 14.8 Å². The van der Waals surface area contributed by atoms with Crippen LogP contribution in [0.25, 0.3) is 0 Å². The van der Waals surface area contributed by atoms with Crippen LogP contribution in [0.3, 0.4) is 0 Å². The van der Waals surface area contributed by atoms with Gasteiger partial charge in [-0.2, -0.15) is 4.39 Å². The molecular formula is C18H25FN4O2. The van der Waals surface area contributed by atoms with Gasteiger partial charge >= 0.3 is 0 Å². The highest BCUT2D eigenvalue weighted by Crippen LogP contribution is 2.24. The third kappa shape index (κ3) is 3.68. The fourth-order valence-electron chi connectivity index (χ4n) is 4.20. The van der Waals surface area contributed by atoms with Gasteiger partial charge in [-0.3, -0.25) is 9.69 Å². The molecule has 3 aliphatic heterocycles. The Morgan fingerprint density at radius 1 is 1.24 bits per heavy atom. The Morgan fingerprint density at radius 3 is 2.88 bits per heavy atom. The van der Waals surface area contributed by atoms with E-state index in [1.165, 1.54) is 38.2 Å². The number of fused-ring (bicyclic) bond motifs is 1. The summed E-state index contributed by atoms with van der Waals surface area (Å²) in [5.74, 6) is -0.759. The lowest BCUT2D eigenvalue weighted by atomic mass is 10.1. The first kappa shape index (κ1) is 16.9. The second kappa shape index (κ2) is 7.35. The highest BCUT2D eigenvalue weighted by Gasteiger charge is 2.41. The molecule has 1 amide bonds. The van der Waals surface area contributed by atoms with Crippen molar-refractivity contribution >= 4 is 5.91 Å². The van der Waals surface area contributed by atoms with Gasteiger partial charge in [0.2, 0.25) is 5.95 Å². The van der Waals surface area contributed by atoms with Crippen LogP contribution >= 0.6 is 0 Å². The molecular weight excluding hydrogens is 323 g/mol. The summed E-state index contributed by atoms with van der Waals surface area (Å²) in [4.78, 5) is 23.0. The molecule has 25 heavy (non-hydrogen) atoms. The van der Waals surface area contributed by atoms with Gasteiger partial charge in [-0.25, -0.2) is 4.98 Å². The average Bonchev–Trinajstić information content (AvgIpc) is 3.28. The van der Waals surface area contributed by atoms with Gasteiger partial charge in [-0.1, -0.05) is 0 Å². The largest absolute Gasteiger partial charge is 0.373 e. The van der Waals surface area contributed by atoms with Crippen LogP contribution in [0.4, 0.5) is 4.39 Å². The van der Waals surface area contributed by atoms with Crippen molar-refractivity contribution in [3.8, 4) is 0 Å². The molecule has 136 valence electrons. The van der Waals surface area contributed by atoms with Crippen LogP contribution in [0.15, 0.2) is 18.3 Å². The minimum absolute atomic E-state index is 0.0583. The number of hydrogen-bond acceptors (Lipinski definition) is 5. The van der Waals surface area contributed by atoms with Crippen molar-refractivity contribution in [3.05, 3.63) is 29.8 Å². The van der Waals surface area contributed by atoms with Crippen molar-refractivity contribution in [2.75, 3.05) is 52.4 Å². The van der Waals surface area contributed by atoms with Gasteiger partial charge in [-0.05, 0) is 32.0 Å². The van der Waals surface area contributed by atoms with Crippen molar-refractivity contribution in [3.63, 3.8) is 0 Å². The number of halogens is 1. The summed E-state index contributed by atoms with van der Waals surface area (Å²) < 4.78 is 19.2. The first-order chi connectivity index (χ1) is 12.2.